The van der Waals surface area contributed by atoms with Gasteiger partial charge in [0.15, 0.2) is 0 Å². The first-order chi connectivity index (χ1) is 6.22. The van der Waals surface area contributed by atoms with Crippen LogP contribution in [0.1, 0.15) is 0 Å². The molecular weight excluding hydrogens is 207 g/mol. The molecule has 13 heavy (non-hydrogen) atoms. The van der Waals surface area contributed by atoms with Crippen LogP contribution in [0.15, 0.2) is 23.2 Å². The van der Waals surface area contributed by atoms with Gasteiger partial charge in [-0.05, 0) is 21.5 Å². The molecule has 4 nitrogen and oxygen atoms in total. The minimum Gasteiger partial charge on any atom is -0.481 e. The Morgan fingerprint density at radius 3 is 3.15 bits per heavy atom. The van der Waals surface area contributed by atoms with E-state index >= 15 is 0 Å². The zero-order valence-electron chi connectivity index (χ0n) is 6.73. The maximum absolute atomic E-state index is 10.3. The summed E-state index contributed by atoms with van der Waals surface area (Å²) in [5, 5.41) is 11.2. The summed E-state index contributed by atoms with van der Waals surface area (Å²) >= 11 is 1.27. The van der Waals surface area contributed by atoms with Crippen molar-refractivity contribution in [3.05, 3.63) is 18.3 Å². The van der Waals surface area contributed by atoms with Gasteiger partial charge in [0.1, 0.15) is 5.82 Å². The number of hydrogen-bond acceptors (Lipinski definition) is 4. The van der Waals surface area contributed by atoms with Gasteiger partial charge in [-0.1, -0.05) is 0 Å². The van der Waals surface area contributed by atoms with Crippen LogP contribution in [0.2, 0.25) is 0 Å². The van der Waals surface area contributed by atoms with E-state index in [9.17, 15) is 4.79 Å². The van der Waals surface area contributed by atoms with Crippen molar-refractivity contribution in [2.24, 2.45) is 0 Å². The highest BCUT2D eigenvalue weighted by molar-refractivity contribution is 8.00. The van der Waals surface area contributed by atoms with Crippen LogP contribution in [0.4, 0.5) is 5.82 Å². The van der Waals surface area contributed by atoms with Gasteiger partial charge in [0.2, 0.25) is 0 Å². The number of rotatable bonds is 4. The van der Waals surface area contributed by atoms with Crippen LogP contribution in [0, 0.1) is 0 Å². The van der Waals surface area contributed by atoms with Gasteiger partial charge in [-0.25, -0.2) is 4.98 Å². The average molecular weight is 216 g/mol. The van der Waals surface area contributed by atoms with Crippen LogP contribution in [0.3, 0.4) is 0 Å². The van der Waals surface area contributed by atoms with E-state index in [0.29, 0.717) is 5.82 Å². The minimum absolute atomic E-state index is 0.0698. The van der Waals surface area contributed by atoms with Crippen molar-refractivity contribution in [2.45, 2.75) is 4.90 Å². The zero-order valence-corrected chi connectivity index (χ0v) is 8.70. The molecule has 0 aliphatic carbocycles. The molecular formula is C7H9N2O2PS. The van der Waals surface area contributed by atoms with Crippen LogP contribution >= 0.6 is 21.2 Å². The summed E-state index contributed by atoms with van der Waals surface area (Å²) in [6.45, 7) is 0. The normalized spacial score (nSPS) is 9.62. The van der Waals surface area contributed by atoms with Crippen molar-refractivity contribution >= 4 is 32.9 Å². The molecule has 0 saturated heterocycles. The molecule has 2 N–H and O–H groups in total. The highest BCUT2D eigenvalue weighted by Gasteiger charge is 2.00. The van der Waals surface area contributed by atoms with Crippen LogP contribution in [0.25, 0.3) is 0 Å². The van der Waals surface area contributed by atoms with Crippen LogP contribution in [-0.4, -0.2) is 21.8 Å². The molecule has 1 aromatic rings. The molecule has 1 heterocycles. The van der Waals surface area contributed by atoms with Crippen molar-refractivity contribution in [1.29, 1.82) is 0 Å². The van der Waals surface area contributed by atoms with E-state index in [1.807, 2.05) is 0 Å². The number of anilines is 1. The Bertz CT molecular complexity index is 308. The number of aromatic nitrogens is 1. The van der Waals surface area contributed by atoms with E-state index in [0.717, 1.165) is 4.90 Å². The molecule has 6 heteroatoms. The molecule has 0 radical (unpaired) electrons. The van der Waals surface area contributed by atoms with E-state index < -0.39 is 5.97 Å². The number of thioether (sulfide) groups is 1. The summed E-state index contributed by atoms with van der Waals surface area (Å²) in [5.74, 6) is -0.0390. The second-order valence-corrected chi connectivity index (χ2v) is 3.54. The standard InChI is InChI=1S/C7H9N2O2PS/c10-7(11)4-13-5-1-2-8-6(3-5)9-12/h1-3H,4,12H2,(H,8,9)(H,10,11). The second kappa shape index (κ2) is 5.04. The fourth-order valence-electron chi connectivity index (χ4n) is 0.725. The van der Waals surface area contributed by atoms with Crippen LogP contribution in [-0.2, 0) is 4.79 Å². The summed E-state index contributed by atoms with van der Waals surface area (Å²) in [6, 6.07) is 3.57. The van der Waals surface area contributed by atoms with Gasteiger partial charge in [-0.2, -0.15) is 0 Å². The molecule has 1 aromatic heterocycles. The quantitative estimate of drug-likeness (QED) is 0.589. The lowest BCUT2D eigenvalue weighted by Crippen LogP contribution is -1.97. The van der Waals surface area contributed by atoms with Crippen molar-refractivity contribution in [3.63, 3.8) is 0 Å². The molecule has 0 spiro atoms. The van der Waals surface area contributed by atoms with Gasteiger partial charge in [0.25, 0.3) is 0 Å². The van der Waals surface area contributed by atoms with Gasteiger partial charge in [-0.3, -0.25) is 4.79 Å². The molecule has 0 fully saturated rings. The molecule has 1 rings (SSSR count). The SMILES string of the molecule is O=C(O)CSc1ccnc(NP)c1. The van der Waals surface area contributed by atoms with E-state index in [1.54, 1.807) is 18.3 Å². The van der Waals surface area contributed by atoms with Crippen molar-refractivity contribution < 1.29 is 9.90 Å². The number of carbonyl (C=O) groups is 1. The maximum atomic E-state index is 10.3. The molecule has 0 aromatic carbocycles. The van der Waals surface area contributed by atoms with E-state index in [2.05, 4.69) is 19.5 Å². The minimum atomic E-state index is -0.817. The fourth-order valence-corrected chi connectivity index (χ4v) is 1.53. The van der Waals surface area contributed by atoms with Gasteiger partial charge < -0.3 is 10.2 Å². The summed E-state index contributed by atoms with van der Waals surface area (Å²) in [4.78, 5) is 15.2. The lowest BCUT2D eigenvalue weighted by molar-refractivity contribution is -0.133. The van der Waals surface area contributed by atoms with Crippen molar-refractivity contribution in [2.75, 3.05) is 10.8 Å². The molecule has 0 aliphatic heterocycles. The Morgan fingerprint density at radius 1 is 1.77 bits per heavy atom. The first kappa shape index (κ1) is 10.3. The van der Waals surface area contributed by atoms with Gasteiger partial charge >= 0.3 is 5.97 Å². The Labute approximate surface area is 82.4 Å². The van der Waals surface area contributed by atoms with E-state index in [-0.39, 0.29) is 5.75 Å². The molecule has 0 amide bonds. The predicted octanol–water partition coefficient (Wildman–Crippen LogP) is 1.46. The Morgan fingerprint density at radius 2 is 2.54 bits per heavy atom. The monoisotopic (exact) mass is 216 g/mol. The molecule has 70 valence electrons. The number of carboxylic acid groups (broad SMARTS) is 1. The lowest BCUT2D eigenvalue weighted by Gasteiger charge is -2.01. The summed E-state index contributed by atoms with van der Waals surface area (Å²) in [5.41, 5.74) is 0. The maximum Gasteiger partial charge on any atom is 0.313 e. The summed E-state index contributed by atoms with van der Waals surface area (Å²) < 4.78 is 0. The summed E-state index contributed by atoms with van der Waals surface area (Å²) in [7, 11) is 2.33. The van der Waals surface area contributed by atoms with Gasteiger partial charge in [0.05, 0.1) is 5.75 Å². The van der Waals surface area contributed by atoms with Crippen LogP contribution in [0.5, 0.6) is 0 Å². The van der Waals surface area contributed by atoms with Gasteiger partial charge in [-0.15, -0.1) is 11.8 Å². The number of hydrogen-bond donors (Lipinski definition) is 2. The average Bonchev–Trinajstić information content (AvgIpc) is 2.15. The van der Waals surface area contributed by atoms with Crippen LogP contribution < -0.4 is 5.09 Å². The Hall–Kier alpha value is -0.800. The highest BCUT2D eigenvalue weighted by Crippen LogP contribution is 2.19. The molecule has 0 aliphatic rings. The topological polar surface area (TPSA) is 62.2 Å². The van der Waals surface area contributed by atoms with Crippen molar-refractivity contribution in [3.8, 4) is 0 Å². The molecule has 1 unspecified atom stereocenters. The summed E-state index contributed by atoms with van der Waals surface area (Å²) in [6.07, 6.45) is 1.64. The number of pyridine rings is 1. The van der Waals surface area contributed by atoms with Crippen molar-refractivity contribution in [1.82, 2.24) is 4.98 Å². The Balaban J connectivity index is 2.61. The number of aliphatic carboxylic acids is 1. The second-order valence-electron chi connectivity index (χ2n) is 2.20. The fraction of sp³-hybridized carbons (Fsp3) is 0.143. The third-order valence-electron chi connectivity index (χ3n) is 1.24. The first-order valence-corrected chi connectivity index (χ1v) is 5.06. The smallest absolute Gasteiger partial charge is 0.313 e. The van der Waals surface area contributed by atoms with E-state index in [4.69, 9.17) is 5.11 Å². The predicted molar refractivity (Wildman–Crippen MR) is 55.9 cm³/mol. The largest absolute Gasteiger partial charge is 0.481 e. The van der Waals surface area contributed by atoms with E-state index in [1.165, 1.54) is 11.8 Å². The molecule has 1 atom stereocenters. The molecule has 0 bridgehead atoms. The number of carboxylic acids is 1. The number of nitrogens with zero attached hydrogens (tertiary/aromatic N) is 1. The third kappa shape index (κ3) is 3.61. The Kier molecular flexibility index (Phi) is 3.99. The number of nitrogens with one attached hydrogen (secondary N) is 1. The zero-order chi connectivity index (χ0) is 9.68. The highest BCUT2D eigenvalue weighted by atomic mass is 32.2. The first-order valence-electron chi connectivity index (χ1n) is 3.49. The third-order valence-corrected chi connectivity index (χ3v) is 2.52. The molecule has 0 saturated carbocycles. The lowest BCUT2D eigenvalue weighted by atomic mass is 10.5. The van der Waals surface area contributed by atoms with Gasteiger partial charge in [0, 0.05) is 11.1 Å².